The maximum absolute atomic E-state index is 10.6. The lowest BCUT2D eigenvalue weighted by Crippen LogP contribution is -2.34. The van der Waals surface area contributed by atoms with Crippen LogP contribution in [-0.2, 0) is 4.79 Å². The first-order valence-electron chi connectivity index (χ1n) is 3.72. The molecule has 1 atom stereocenters. The molecule has 4 nitrogen and oxygen atoms in total. The molecule has 0 aromatic heterocycles. The highest BCUT2D eigenvalue weighted by molar-refractivity contribution is 5.77. The van der Waals surface area contributed by atoms with Crippen LogP contribution in [0.15, 0.2) is 0 Å². The van der Waals surface area contributed by atoms with Gasteiger partial charge in [-0.3, -0.25) is 4.79 Å². The first kappa shape index (κ1) is 10.4. The average Bonchev–Trinajstić information content (AvgIpc) is 2.04. The number of rotatable bonds is 5. The maximum atomic E-state index is 10.6. The van der Waals surface area contributed by atoms with Crippen molar-refractivity contribution in [3.8, 4) is 0 Å². The zero-order valence-electron chi connectivity index (χ0n) is 7.05. The van der Waals surface area contributed by atoms with Crippen molar-refractivity contribution in [2.45, 2.75) is 6.92 Å². The molecule has 0 bridgehead atoms. The van der Waals surface area contributed by atoms with Crippen molar-refractivity contribution in [3.05, 3.63) is 0 Å². The van der Waals surface area contributed by atoms with Gasteiger partial charge in [0.25, 0.3) is 0 Å². The molecule has 66 valence electrons. The van der Waals surface area contributed by atoms with E-state index in [1.807, 2.05) is 6.92 Å². The van der Waals surface area contributed by atoms with Crippen molar-refractivity contribution in [2.24, 2.45) is 5.92 Å². The summed E-state index contributed by atoms with van der Waals surface area (Å²) >= 11 is 0. The fourth-order valence-corrected chi connectivity index (χ4v) is 0.585. The number of amides is 1. The Balaban J connectivity index is 3.20. The van der Waals surface area contributed by atoms with Gasteiger partial charge in [-0.1, -0.05) is 6.92 Å². The summed E-state index contributed by atoms with van der Waals surface area (Å²) in [4.78, 5) is 10.6. The fourth-order valence-electron chi connectivity index (χ4n) is 0.585. The molecule has 3 N–H and O–H groups in total. The van der Waals surface area contributed by atoms with E-state index in [4.69, 9.17) is 5.11 Å². The van der Waals surface area contributed by atoms with E-state index in [-0.39, 0.29) is 18.4 Å². The van der Waals surface area contributed by atoms with Crippen LogP contribution in [0.4, 0.5) is 0 Å². The lowest BCUT2D eigenvalue weighted by atomic mass is 10.2. The van der Waals surface area contributed by atoms with Gasteiger partial charge < -0.3 is 15.7 Å². The summed E-state index contributed by atoms with van der Waals surface area (Å²) in [6.45, 7) is 3.06. The summed E-state index contributed by atoms with van der Waals surface area (Å²) < 4.78 is 0. The molecule has 0 aliphatic carbocycles. The average molecular weight is 160 g/mol. The number of hydrogen-bond acceptors (Lipinski definition) is 3. The summed E-state index contributed by atoms with van der Waals surface area (Å²) in [6, 6.07) is 0. The largest absolute Gasteiger partial charge is 0.396 e. The van der Waals surface area contributed by atoms with Gasteiger partial charge in [-0.25, -0.2) is 0 Å². The number of aliphatic hydroxyl groups excluding tert-OH is 1. The Kier molecular flexibility index (Phi) is 5.78. The highest BCUT2D eigenvalue weighted by Gasteiger charge is 2.00. The van der Waals surface area contributed by atoms with Gasteiger partial charge in [-0.15, -0.1) is 0 Å². The molecule has 0 saturated carbocycles. The predicted octanol–water partition coefficient (Wildman–Crippen LogP) is -1.05. The van der Waals surface area contributed by atoms with E-state index >= 15 is 0 Å². The van der Waals surface area contributed by atoms with Crippen LogP contribution in [0.1, 0.15) is 6.92 Å². The van der Waals surface area contributed by atoms with Gasteiger partial charge in [0.05, 0.1) is 6.54 Å². The van der Waals surface area contributed by atoms with Crippen molar-refractivity contribution in [1.29, 1.82) is 0 Å². The van der Waals surface area contributed by atoms with Gasteiger partial charge in [0.15, 0.2) is 0 Å². The van der Waals surface area contributed by atoms with Crippen molar-refractivity contribution < 1.29 is 9.90 Å². The maximum Gasteiger partial charge on any atom is 0.233 e. The number of nitrogens with one attached hydrogen (secondary N) is 2. The van der Waals surface area contributed by atoms with Gasteiger partial charge in [0.2, 0.25) is 5.91 Å². The molecule has 0 aliphatic rings. The quantitative estimate of drug-likeness (QED) is 0.481. The summed E-state index contributed by atoms with van der Waals surface area (Å²) in [5.41, 5.74) is 0. The molecule has 0 fully saturated rings. The van der Waals surface area contributed by atoms with Gasteiger partial charge in [0, 0.05) is 20.2 Å². The third-order valence-electron chi connectivity index (χ3n) is 1.37. The molecule has 4 heteroatoms. The van der Waals surface area contributed by atoms with Crippen LogP contribution < -0.4 is 10.6 Å². The second-order valence-electron chi connectivity index (χ2n) is 2.59. The summed E-state index contributed by atoms with van der Waals surface area (Å²) in [6.07, 6.45) is 0. The number of carbonyl (C=O) groups excluding carboxylic acids is 1. The Morgan fingerprint density at radius 3 is 2.73 bits per heavy atom. The van der Waals surface area contributed by atoms with E-state index in [9.17, 15) is 4.79 Å². The molecule has 1 amide bonds. The Morgan fingerprint density at radius 1 is 1.64 bits per heavy atom. The standard InChI is InChI=1S/C7H16N2O2/c1-6(5-10)3-9-4-7(11)8-2/h6,9-10H,3-5H2,1-2H3,(H,8,11). The molecule has 0 aromatic rings. The molecule has 0 radical (unpaired) electrons. The number of likely N-dealkylation sites (N-methyl/N-ethyl adjacent to an activating group) is 1. The number of hydrogen-bond donors (Lipinski definition) is 3. The Labute approximate surface area is 67.0 Å². The molecule has 1 unspecified atom stereocenters. The van der Waals surface area contributed by atoms with E-state index in [0.29, 0.717) is 13.1 Å². The highest BCUT2D eigenvalue weighted by Crippen LogP contribution is 1.87. The van der Waals surface area contributed by atoms with E-state index in [1.165, 1.54) is 0 Å². The fraction of sp³-hybridized carbons (Fsp3) is 0.857. The van der Waals surface area contributed by atoms with Gasteiger partial charge in [0.1, 0.15) is 0 Å². The molecular weight excluding hydrogens is 144 g/mol. The van der Waals surface area contributed by atoms with Crippen LogP contribution in [0.5, 0.6) is 0 Å². The van der Waals surface area contributed by atoms with Crippen LogP contribution in [0.2, 0.25) is 0 Å². The lowest BCUT2D eigenvalue weighted by molar-refractivity contribution is -0.119. The Morgan fingerprint density at radius 2 is 2.27 bits per heavy atom. The van der Waals surface area contributed by atoms with Crippen LogP contribution in [0.25, 0.3) is 0 Å². The van der Waals surface area contributed by atoms with E-state index in [1.54, 1.807) is 7.05 Å². The Bertz CT molecular complexity index is 117. The van der Waals surface area contributed by atoms with Crippen molar-refractivity contribution in [3.63, 3.8) is 0 Å². The molecular formula is C7H16N2O2. The second kappa shape index (κ2) is 6.12. The Hall–Kier alpha value is -0.610. The molecule has 11 heavy (non-hydrogen) atoms. The highest BCUT2D eigenvalue weighted by atomic mass is 16.3. The molecule has 0 heterocycles. The first-order chi connectivity index (χ1) is 5.20. The van der Waals surface area contributed by atoms with Crippen LogP contribution >= 0.6 is 0 Å². The van der Waals surface area contributed by atoms with Crippen LogP contribution in [0.3, 0.4) is 0 Å². The van der Waals surface area contributed by atoms with Crippen LogP contribution in [0, 0.1) is 5.92 Å². The zero-order chi connectivity index (χ0) is 8.69. The third kappa shape index (κ3) is 5.82. The monoisotopic (exact) mass is 160 g/mol. The van der Waals surface area contributed by atoms with E-state index in [0.717, 1.165) is 0 Å². The van der Waals surface area contributed by atoms with Gasteiger partial charge in [-0.2, -0.15) is 0 Å². The number of aliphatic hydroxyl groups is 1. The SMILES string of the molecule is CNC(=O)CNCC(C)CO. The molecule has 0 aliphatic heterocycles. The van der Waals surface area contributed by atoms with E-state index < -0.39 is 0 Å². The third-order valence-corrected chi connectivity index (χ3v) is 1.37. The molecule has 0 aromatic carbocycles. The van der Waals surface area contributed by atoms with Gasteiger partial charge >= 0.3 is 0 Å². The van der Waals surface area contributed by atoms with Crippen LogP contribution in [-0.4, -0.2) is 37.8 Å². The molecule has 0 rings (SSSR count). The summed E-state index contributed by atoms with van der Waals surface area (Å²) in [7, 11) is 1.60. The van der Waals surface area contributed by atoms with E-state index in [2.05, 4.69) is 10.6 Å². The molecule has 0 spiro atoms. The smallest absolute Gasteiger partial charge is 0.233 e. The summed E-state index contributed by atoms with van der Waals surface area (Å²) in [5, 5.41) is 14.0. The summed E-state index contributed by atoms with van der Waals surface area (Å²) in [5.74, 6) is 0.176. The normalized spacial score (nSPS) is 12.6. The second-order valence-corrected chi connectivity index (χ2v) is 2.59. The lowest BCUT2D eigenvalue weighted by Gasteiger charge is -2.07. The molecule has 0 saturated heterocycles. The van der Waals surface area contributed by atoms with Gasteiger partial charge in [-0.05, 0) is 5.92 Å². The minimum absolute atomic E-state index is 0.0323. The minimum Gasteiger partial charge on any atom is -0.396 e. The van der Waals surface area contributed by atoms with Crippen molar-refractivity contribution in [1.82, 2.24) is 10.6 Å². The minimum atomic E-state index is -0.0323. The van der Waals surface area contributed by atoms with Crippen molar-refractivity contribution in [2.75, 3.05) is 26.7 Å². The predicted molar refractivity (Wildman–Crippen MR) is 43.2 cm³/mol. The topological polar surface area (TPSA) is 61.4 Å². The van der Waals surface area contributed by atoms with Crippen molar-refractivity contribution >= 4 is 5.91 Å². The first-order valence-corrected chi connectivity index (χ1v) is 3.72. The zero-order valence-corrected chi connectivity index (χ0v) is 7.05. The number of carbonyl (C=O) groups is 1.